The van der Waals surface area contributed by atoms with Gasteiger partial charge in [0.1, 0.15) is 0 Å². The van der Waals surface area contributed by atoms with Gasteiger partial charge in [0.15, 0.2) is 0 Å². The highest BCUT2D eigenvalue weighted by Gasteiger charge is 2.13. The van der Waals surface area contributed by atoms with E-state index < -0.39 is 11.1 Å². The number of rotatable bonds is 9. The minimum absolute atomic E-state index is 0.0713. The molecule has 2 N–H and O–H groups in total. The summed E-state index contributed by atoms with van der Waals surface area (Å²) in [4.78, 5) is 42.1. The van der Waals surface area contributed by atoms with Gasteiger partial charge in [-0.05, 0) is 75.8 Å². The number of nitrogens with zero attached hydrogens (tertiary/aromatic N) is 2. The molecule has 31 heavy (non-hydrogen) atoms. The smallest absolute Gasteiger partial charge is 0.321 e. The fourth-order valence-corrected chi connectivity index (χ4v) is 3.72. The van der Waals surface area contributed by atoms with Gasteiger partial charge >= 0.3 is 11.1 Å². The molecule has 0 radical (unpaired) electrons. The summed E-state index contributed by atoms with van der Waals surface area (Å²) < 4.78 is 1.37. The van der Waals surface area contributed by atoms with Gasteiger partial charge in [0.25, 0.3) is 5.91 Å². The Bertz CT molecular complexity index is 1140. The summed E-state index contributed by atoms with van der Waals surface area (Å²) in [7, 11) is 0. The van der Waals surface area contributed by atoms with Crippen LogP contribution in [0.25, 0.3) is 16.7 Å². The predicted molar refractivity (Wildman–Crippen MR) is 124 cm³/mol. The number of carbonyl (C=O) groups is 1. The van der Waals surface area contributed by atoms with Crippen molar-refractivity contribution < 1.29 is 4.79 Å². The zero-order valence-corrected chi connectivity index (χ0v) is 18.4. The maximum Gasteiger partial charge on any atom is 0.321 e. The monoisotopic (exact) mass is 422 g/mol. The Morgan fingerprint density at radius 1 is 1.06 bits per heavy atom. The van der Waals surface area contributed by atoms with Gasteiger partial charge in [0, 0.05) is 17.3 Å². The first-order chi connectivity index (χ1) is 14.9. The molecule has 7 heteroatoms. The van der Waals surface area contributed by atoms with Gasteiger partial charge in [-0.15, -0.1) is 0 Å². The summed E-state index contributed by atoms with van der Waals surface area (Å²) in [6.45, 7) is 9.42. The van der Waals surface area contributed by atoms with Gasteiger partial charge in [0.2, 0.25) is 0 Å². The minimum Gasteiger partial charge on any atom is -0.350 e. The number of benzene rings is 2. The molecule has 1 unspecified atom stereocenters. The molecule has 0 fully saturated rings. The van der Waals surface area contributed by atoms with Crippen molar-refractivity contribution in [2.45, 2.75) is 39.7 Å². The average Bonchev–Trinajstić information content (AvgIpc) is 2.78. The van der Waals surface area contributed by atoms with Crippen LogP contribution in [0, 0.1) is 0 Å². The van der Waals surface area contributed by atoms with Crippen molar-refractivity contribution in [3.63, 3.8) is 0 Å². The van der Waals surface area contributed by atoms with Crippen LogP contribution in [-0.2, 0) is 0 Å². The molecule has 0 aliphatic carbocycles. The SMILES string of the molecule is CCN(CC)CCCC(C)NC(=O)c1ccc(-n2c(=O)c(=O)[nH]c3ccccc32)cc1. The number of fused-ring (bicyclic) bond motifs is 1. The van der Waals surface area contributed by atoms with Crippen LogP contribution in [0.15, 0.2) is 58.1 Å². The summed E-state index contributed by atoms with van der Waals surface area (Å²) in [5.74, 6) is -0.148. The molecule has 0 bridgehead atoms. The molecular weight excluding hydrogens is 392 g/mol. The van der Waals surface area contributed by atoms with Crippen LogP contribution in [-0.4, -0.2) is 46.0 Å². The van der Waals surface area contributed by atoms with Crippen LogP contribution >= 0.6 is 0 Å². The molecule has 0 saturated heterocycles. The number of para-hydroxylation sites is 2. The van der Waals surface area contributed by atoms with Gasteiger partial charge in [-0.2, -0.15) is 0 Å². The molecule has 7 nitrogen and oxygen atoms in total. The van der Waals surface area contributed by atoms with Crippen LogP contribution in [0.3, 0.4) is 0 Å². The molecule has 3 aromatic rings. The number of aromatic nitrogens is 2. The molecule has 3 rings (SSSR count). The van der Waals surface area contributed by atoms with E-state index in [0.717, 1.165) is 32.5 Å². The Labute approximate surface area is 181 Å². The maximum atomic E-state index is 12.6. The van der Waals surface area contributed by atoms with Crippen LogP contribution in [0.5, 0.6) is 0 Å². The quantitative estimate of drug-likeness (QED) is 0.519. The summed E-state index contributed by atoms with van der Waals surface area (Å²) in [5, 5.41) is 3.03. The van der Waals surface area contributed by atoms with E-state index in [1.54, 1.807) is 48.5 Å². The molecule has 164 valence electrons. The van der Waals surface area contributed by atoms with Gasteiger partial charge in [-0.1, -0.05) is 26.0 Å². The van der Waals surface area contributed by atoms with E-state index in [1.165, 1.54) is 4.57 Å². The Morgan fingerprint density at radius 2 is 1.74 bits per heavy atom. The first-order valence-corrected chi connectivity index (χ1v) is 10.8. The van der Waals surface area contributed by atoms with Crippen LogP contribution in [0.1, 0.15) is 44.0 Å². The lowest BCUT2D eigenvalue weighted by molar-refractivity contribution is 0.0937. The number of aromatic amines is 1. The first-order valence-electron chi connectivity index (χ1n) is 10.8. The van der Waals surface area contributed by atoms with E-state index in [-0.39, 0.29) is 11.9 Å². The summed E-state index contributed by atoms with van der Waals surface area (Å²) in [6.07, 6.45) is 1.94. The van der Waals surface area contributed by atoms with E-state index >= 15 is 0 Å². The number of hydrogen-bond donors (Lipinski definition) is 2. The molecule has 0 spiro atoms. The van der Waals surface area contributed by atoms with Gasteiger partial charge in [-0.25, -0.2) is 0 Å². The molecule has 1 aromatic heterocycles. The Balaban J connectivity index is 1.72. The molecule has 0 aliphatic heterocycles. The van der Waals surface area contributed by atoms with Crippen molar-refractivity contribution in [2.24, 2.45) is 0 Å². The van der Waals surface area contributed by atoms with E-state index in [1.807, 2.05) is 6.92 Å². The normalized spacial score (nSPS) is 12.3. The highest BCUT2D eigenvalue weighted by Crippen LogP contribution is 2.14. The fraction of sp³-hybridized carbons (Fsp3) is 0.375. The van der Waals surface area contributed by atoms with Gasteiger partial charge in [0.05, 0.1) is 11.0 Å². The van der Waals surface area contributed by atoms with Crippen molar-refractivity contribution in [1.29, 1.82) is 0 Å². The second kappa shape index (κ2) is 10.2. The van der Waals surface area contributed by atoms with Crippen molar-refractivity contribution in [3.05, 3.63) is 74.8 Å². The average molecular weight is 423 g/mol. The third kappa shape index (κ3) is 5.30. The zero-order valence-electron chi connectivity index (χ0n) is 18.4. The third-order valence-electron chi connectivity index (χ3n) is 5.56. The number of hydrogen-bond acceptors (Lipinski definition) is 4. The zero-order chi connectivity index (χ0) is 22.4. The molecule has 2 aromatic carbocycles. The number of nitrogens with one attached hydrogen (secondary N) is 2. The van der Waals surface area contributed by atoms with Crippen molar-refractivity contribution in [2.75, 3.05) is 19.6 Å². The fourth-order valence-electron chi connectivity index (χ4n) is 3.72. The van der Waals surface area contributed by atoms with E-state index in [4.69, 9.17) is 0 Å². The summed E-state index contributed by atoms with van der Waals surface area (Å²) in [6, 6.07) is 13.9. The number of H-pyrrole nitrogens is 1. The third-order valence-corrected chi connectivity index (χ3v) is 5.56. The Hall–Kier alpha value is -3.19. The topological polar surface area (TPSA) is 87.2 Å². The second-order valence-corrected chi connectivity index (χ2v) is 7.70. The lowest BCUT2D eigenvalue weighted by atomic mass is 10.1. The number of amides is 1. The van der Waals surface area contributed by atoms with Crippen LogP contribution < -0.4 is 16.4 Å². The highest BCUT2D eigenvalue weighted by molar-refractivity contribution is 5.94. The number of carbonyl (C=O) groups excluding carboxylic acids is 1. The summed E-state index contributed by atoms with van der Waals surface area (Å²) >= 11 is 0. The molecule has 1 heterocycles. The second-order valence-electron chi connectivity index (χ2n) is 7.70. The van der Waals surface area contributed by atoms with Gasteiger partial charge < -0.3 is 15.2 Å². The largest absolute Gasteiger partial charge is 0.350 e. The first kappa shape index (κ1) is 22.5. The predicted octanol–water partition coefficient (Wildman–Crippen LogP) is 2.92. The van der Waals surface area contributed by atoms with Crippen molar-refractivity contribution in [1.82, 2.24) is 19.8 Å². The van der Waals surface area contributed by atoms with E-state index in [9.17, 15) is 14.4 Å². The van der Waals surface area contributed by atoms with Crippen LogP contribution in [0.2, 0.25) is 0 Å². The van der Waals surface area contributed by atoms with Crippen molar-refractivity contribution >= 4 is 16.9 Å². The molecule has 1 atom stereocenters. The van der Waals surface area contributed by atoms with Gasteiger partial charge in [-0.3, -0.25) is 19.0 Å². The molecule has 0 aliphatic rings. The molecular formula is C24H30N4O3. The standard InChI is InChI=1S/C24H30N4O3/c1-4-27(5-2)16-8-9-17(3)25-22(29)18-12-14-19(15-13-18)28-21-11-7-6-10-20(21)26-23(30)24(28)31/h6-7,10-15,17H,4-5,8-9,16H2,1-3H3,(H,25,29)(H,26,30). The minimum atomic E-state index is -0.681. The van der Waals surface area contributed by atoms with Crippen molar-refractivity contribution in [3.8, 4) is 5.69 Å². The highest BCUT2D eigenvalue weighted by atomic mass is 16.2. The summed E-state index contributed by atoms with van der Waals surface area (Å²) in [5.41, 5.74) is 0.896. The van der Waals surface area contributed by atoms with Crippen LogP contribution in [0.4, 0.5) is 0 Å². The lowest BCUT2D eigenvalue weighted by Gasteiger charge is -2.19. The lowest BCUT2D eigenvalue weighted by Crippen LogP contribution is -2.35. The molecule has 0 saturated carbocycles. The Morgan fingerprint density at radius 3 is 2.42 bits per heavy atom. The maximum absolute atomic E-state index is 12.6. The van der Waals surface area contributed by atoms with E-state index in [2.05, 4.69) is 29.0 Å². The Kier molecular flexibility index (Phi) is 7.41. The van der Waals surface area contributed by atoms with E-state index in [0.29, 0.717) is 22.3 Å². The molecule has 1 amide bonds.